The lowest BCUT2D eigenvalue weighted by Crippen LogP contribution is -2.67. The molecule has 3 aromatic rings. The number of aliphatic hydroxyl groups is 2. The molecule has 1 aromatic heterocycles. The molecule has 2 bridgehead atoms. The van der Waals surface area contributed by atoms with E-state index in [0.29, 0.717) is 24.9 Å². The van der Waals surface area contributed by atoms with E-state index in [0.717, 1.165) is 49.8 Å². The number of nitrogens with one attached hydrogen (secondary N) is 1. The highest BCUT2D eigenvalue weighted by Gasteiger charge is 2.74. The van der Waals surface area contributed by atoms with Crippen molar-refractivity contribution in [2.45, 2.75) is 76.9 Å². The van der Waals surface area contributed by atoms with Crippen molar-refractivity contribution in [1.82, 2.24) is 4.90 Å². The minimum Gasteiger partial charge on any atom is -0.393 e. The Morgan fingerprint density at radius 3 is 2.31 bits per heavy atom. The highest BCUT2D eigenvalue weighted by Crippen LogP contribution is 2.78. The van der Waals surface area contributed by atoms with Gasteiger partial charge in [0.05, 0.1) is 18.2 Å². The molecule has 3 saturated carbocycles. The molecule has 8 atom stereocenters. The lowest BCUT2D eigenvalue weighted by molar-refractivity contribution is -0.174. The third kappa shape index (κ3) is 4.86. The van der Waals surface area contributed by atoms with Crippen LogP contribution in [-0.2, 0) is 6.42 Å². The molecule has 6 aliphatic rings. The van der Waals surface area contributed by atoms with Gasteiger partial charge >= 0.3 is 6.03 Å². The van der Waals surface area contributed by atoms with Gasteiger partial charge in [0.15, 0.2) is 5.78 Å². The number of thiophene rings is 1. The lowest BCUT2D eigenvalue weighted by Gasteiger charge is -2.71. The van der Waals surface area contributed by atoms with E-state index in [4.69, 9.17) is 0 Å². The van der Waals surface area contributed by atoms with E-state index in [1.807, 2.05) is 71.6 Å². The predicted molar refractivity (Wildman–Crippen MR) is 194 cm³/mol. The Bertz CT molecular complexity index is 1790. The summed E-state index contributed by atoms with van der Waals surface area (Å²) in [5.74, 6) is 0.315. The van der Waals surface area contributed by atoms with E-state index >= 15 is 0 Å². The number of allylic oxidation sites excluding steroid dienone is 4. The molecular formula is C42H48N2O4S. The molecule has 0 saturated heterocycles. The van der Waals surface area contributed by atoms with Gasteiger partial charge in [0.1, 0.15) is 0 Å². The van der Waals surface area contributed by atoms with Gasteiger partial charge < -0.3 is 20.4 Å². The second-order valence-corrected chi connectivity index (χ2v) is 17.1. The van der Waals surface area contributed by atoms with Crippen LogP contribution in [0.3, 0.4) is 0 Å². The summed E-state index contributed by atoms with van der Waals surface area (Å²) in [5, 5.41) is 29.1. The van der Waals surface area contributed by atoms with Crippen molar-refractivity contribution in [3.8, 4) is 0 Å². The maximum atomic E-state index is 14.7. The minimum absolute atomic E-state index is 0.0252. The lowest BCUT2D eigenvalue weighted by atomic mass is 9.32. The number of nitrogens with zero attached hydrogens (tertiary/aromatic N) is 1. The Morgan fingerprint density at radius 1 is 0.878 bits per heavy atom. The molecule has 3 fully saturated rings. The van der Waals surface area contributed by atoms with Gasteiger partial charge in [0.25, 0.3) is 0 Å². The van der Waals surface area contributed by atoms with Crippen molar-refractivity contribution in [3.63, 3.8) is 0 Å². The molecule has 2 aromatic carbocycles. The molecule has 256 valence electrons. The van der Waals surface area contributed by atoms with Gasteiger partial charge in [-0.2, -0.15) is 0 Å². The van der Waals surface area contributed by atoms with Gasteiger partial charge in [-0.15, -0.1) is 11.3 Å². The van der Waals surface area contributed by atoms with Gasteiger partial charge in [-0.1, -0.05) is 86.7 Å². The van der Waals surface area contributed by atoms with Crippen LogP contribution in [0.4, 0.5) is 10.5 Å². The third-order valence-electron chi connectivity index (χ3n) is 14.0. The van der Waals surface area contributed by atoms with Crippen molar-refractivity contribution in [3.05, 3.63) is 112 Å². The summed E-state index contributed by atoms with van der Waals surface area (Å²) in [7, 11) is 0. The number of aliphatic hydroxyl groups excluding tert-OH is 1. The number of carbonyl (C=O) groups excluding carboxylic acids is 2. The van der Waals surface area contributed by atoms with Gasteiger partial charge in [-0.3, -0.25) is 4.79 Å². The van der Waals surface area contributed by atoms with Crippen molar-refractivity contribution in [2.24, 2.45) is 33.5 Å². The first-order valence-electron chi connectivity index (χ1n) is 18.1. The number of ketones is 1. The molecule has 0 radical (unpaired) electrons. The van der Waals surface area contributed by atoms with Crippen molar-refractivity contribution >= 4 is 28.8 Å². The number of carbonyl (C=O) groups is 2. The average Bonchev–Trinajstić information content (AvgIpc) is 3.72. The zero-order valence-electron chi connectivity index (χ0n) is 28.6. The highest BCUT2D eigenvalue weighted by molar-refractivity contribution is 7.09. The van der Waals surface area contributed by atoms with E-state index in [9.17, 15) is 19.8 Å². The third-order valence-corrected chi connectivity index (χ3v) is 14.9. The van der Waals surface area contributed by atoms with Crippen molar-refractivity contribution in [1.29, 1.82) is 0 Å². The van der Waals surface area contributed by atoms with Crippen molar-refractivity contribution in [2.75, 3.05) is 18.4 Å². The highest BCUT2D eigenvalue weighted by atomic mass is 32.1. The quantitative estimate of drug-likeness (QED) is 0.165. The number of fused-ring (bicyclic) bond motifs is 1. The average molecular weight is 677 g/mol. The molecule has 6 aliphatic carbocycles. The predicted octanol–water partition coefficient (Wildman–Crippen LogP) is 8.30. The van der Waals surface area contributed by atoms with Crippen LogP contribution in [0, 0.1) is 33.5 Å². The normalized spacial score (nSPS) is 37.1. The molecule has 9 rings (SSSR count). The van der Waals surface area contributed by atoms with Crippen LogP contribution in [0.15, 0.2) is 102 Å². The van der Waals surface area contributed by atoms with Crippen LogP contribution in [-0.4, -0.2) is 51.7 Å². The fourth-order valence-corrected chi connectivity index (χ4v) is 12.0. The minimum atomic E-state index is -1.13. The molecular weight excluding hydrogens is 629 g/mol. The van der Waals surface area contributed by atoms with Crippen LogP contribution in [0.2, 0.25) is 0 Å². The fourth-order valence-electron chi connectivity index (χ4n) is 11.3. The second kappa shape index (κ2) is 11.8. The van der Waals surface area contributed by atoms with Crippen LogP contribution in [0.5, 0.6) is 0 Å². The number of anilines is 1. The number of benzene rings is 2. The number of rotatable bonds is 8. The van der Waals surface area contributed by atoms with Gasteiger partial charge in [-0.25, -0.2) is 4.79 Å². The summed E-state index contributed by atoms with van der Waals surface area (Å²) in [4.78, 5) is 31.7. The first kappa shape index (κ1) is 32.7. The van der Waals surface area contributed by atoms with Gasteiger partial charge in [-0.05, 0) is 92.2 Å². The first-order chi connectivity index (χ1) is 23.5. The SMILES string of the molecule is CC12CCC(O)CC13C=CC1(C(C(=O)c4ccccc4)=C3)C2CCC2(C)C1CCC2(O)CN(CCc1cccs1)C(=O)Nc1ccccc1. The fraction of sp³-hybridized carbons (Fsp3) is 0.476. The van der Waals surface area contributed by atoms with E-state index in [2.05, 4.69) is 48.8 Å². The topological polar surface area (TPSA) is 89.9 Å². The molecule has 3 N–H and O–H groups in total. The largest absolute Gasteiger partial charge is 0.393 e. The monoisotopic (exact) mass is 676 g/mol. The Hall–Kier alpha value is -3.52. The summed E-state index contributed by atoms with van der Waals surface area (Å²) in [6.45, 7) is 5.38. The summed E-state index contributed by atoms with van der Waals surface area (Å²) in [5.41, 5.74) is -0.375. The van der Waals surface area contributed by atoms with Crippen molar-refractivity contribution < 1.29 is 19.8 Å². The zero-order valence-corrected chi connectivity index (χ0v) is 29.4. The Balaban J connectivity index is 1.17. The summed E-state index contributed by atoms with van der Waals surface area (Å²) < 4.78 is 0. The number of hydrogen-bond acceptors (Lipinski definition) is 5. The first-order valence-corrected chi connectivity index (χ1v) is 19.0. The molecule has 6 nitrogen and oxygen atoms in total. The van der Waals surface area contributed by atoms with E-state index in [1.54, 1.807) is 11.3 Å². The maximum absolute atomic E-state index is 14.7. The molecule has 8 unspecified atom stereocenters. The van der Waals surface area contributed by atoms with Crippen LogP contribution in [0.25, 0.3) is 0 Å². The van der Waals surface area contributed by atoms with Gasteiger partial charge in [0, 0.05) is 44.5 Å². The van der Waals surface area contributed by atoms with Crippen LogP contribution in [0.1, 0.15) is 74.0 Å². The molecule has 2 amide bonds. The van der Waals surface area contributed by atoms with Gasteiger partial charge in [0.2, 0.25) is 0 Å². The molecule has 49 heavy (non-hydrogen) atoms. The molecule has 1 heterocycles. The van der Waals surface area contributed by atoms with Crippen LogP contribution >= 0.6 is 11.3 Å². The summed E-state index contributed by atoms with van der Waals surface area (Å²) in [6, 6.07) is 23.1. The van der Waals surface area contributed by atoms with E-state index in [-0.39, 0.29) is 47.1 Å². The summed E-state index contributed by atoms with van der Waals surface area (Å²) >= 11 is 1.69. The Labute approximate surface area is 293 Å². The van der Waals surface area contributed by atoms with Crippen LogP contribution < -0.4 is 5.32 Å². The van der Waals surface area contributed by atoms with E-state index in [1.165, 1.54) is 4.88 Å². The Kier molecular flexibility index (Phi) is 7.86. The number of amides is 2. The molecule has 7 heteroatoms. The maximum Gasteiger partial charge on any atom is 0.321 e. The molecule has 2 spiro atoms. The number of hydrogen-bond donors (Lipinski definition) is 3. The molecule has 0 aliphatic heterocycles. The number of Topliss-reactive ketones (excluding diaryl/α,β-unsaturated/α-hetero) is 1. The number of urea groups is 1. The number of para-hydroxylation sites is 1. The summed E-state index contributed by atoms with van der Waals surface area (Å²) in [6.07, 6.45) is 12.7. The smallest absolute Gasteiger partial charge is 0.321 e. The Morgan fingerprint density at radius 2 is 1.57 bits per heavy atom. The second-order valence-electron chi connectivity index (χ2n) is 16.1. The zero-order chi connectivity index (χ0) is 34.1. The standard InChI is InChI=1S/C42H48N2O4S/c1-38-19-15-31(45)26-40(38)22-23-42(33(27-40)36(46)29-10-5-3-6-11-29)34(38)16-20-39(2)35(42)17-21-41(39,48)28-44(24-18-32-14-9-25-49-32)37(47)43-30-12-7-4-8-13-30/h3-14,22-23,25,27,31,34-35,45,48H,15-21,24,26,28H2,1-2H3,(H,43,47). The van der Waals surface area contributed by atoms with E-state index < -0.39 is 16.4 Å².